The molecule has 2 heterocycles. The lowest BCUT2D eigenvalue weighted by Gasteiger charge is -2.23. The first-order chi connectivity index (χ1) is 13.8. The zero-order chi connectivity index (χ0) is 18.9. The van der Waals surface area contributed by atoms with E-state index >= 15 is 0 Å². The van der Waals surface area contributed by atoms with Gasteiger partial charge in [0.1, 0.15) is 0 Å². The number of carbonyl (C=O) groups is 1. The van der Waals surface area contributed by atoms with Crippen LogP contribution < -0.4 is 9.47 Å². The van der Waals surface area contributed by atoms with Crippen LogP contribution in [0.3, 0.4) is 0 Å². The normalized spacial score (nSPS) is 14.9. The van der Waals surface area contributed by atoms with Crippen LogP contribution in [0.1, 0.15) is 34.3 Å². The molecule has 6 nitrogen and oxygen atoms in total. The van der Waals surface area contributed by atoms with E-state index in [9.17, 15) is 4.79 Å². The Morgan fingerprint density at radius 1 is 1.07 bits per heavy atom. The van der Waals surface area contributed by atoms with Gasteiger partial charge in [0.15, 0.2) is 11.5 Å². The minimum absolute atomic E-state index is 0.0717. The Balaban J connectivity index is 1.36. The molecule has 1 fully saturated rings. The van der Waals surface area contributed by atoms with Gasteiger partial charge in [0.25, 0.3) is 5.91 Å². The van der Waals surface area contributed by atoms with Gasteiger partial charge in [-0.25, -0.2) is 0 Å². The Morgan fingerprint density at radius 3 is 2.79 bits per heavy atom. The molecule has 2 aliphatic rings. The van der Waals surface area contributed by atoms with Crippen molar-refractivity contribution in [2.75, 3.05) is 6.79 Å². The molecular formula is C22H21N3O3. The van der Waals surface area contributed by atoms with Crippen LogP contribution in [-0.4, -0.2) is 33.4 Å². The third kappa shape index (κ3) is 3.45. The van der Waals surface area contributed by atoms with Gasteiger partial charge in [-0.1, -0.05) is 18.2 Å². The Labute approximate surface area is 163 Å². The van der Waals surface area contributed by atoms with Crippen molar-refractivity contribution in [2.24, 2.45) is 0 Å². The van der Waals surface area contributed by atoms with E-state index in [4.69, 9.17) is 9.47 Å². The lowest BCUT2D eigenvalue weighted by Crippen LogP contribution is -2.32. The van der Waals surface area contributed by atoms with Crippen LogP contribution in [0.5, 0.6) is 11.5 Å². The Hall–Kier alpha value is -3.28. The molecule has 2 aromatic carbocycles. The molecule has 0 bridgehead atoms. The fraction of sp³-hybridized carbons (Fsp3) is 0.273. The third-order valence-electron chi connectivity index (χ3n) is 5.12. The van der Waals surface area contributed by atoms with Crippen molar-refractivity contribution in [1.82, 2.24) is 14.7 Å². The molecule has 1 aliphatic heterocycles. The molecular weight excluding hydrogens is 354 g/mol. The second kappa shape index (κ2) is 7.03. The number of rotatable bonds is 6. The van der Waals surface area contributed by atoms with Gasteiger partial charge >= 0.3 is 0 Å². The highest BCUT2D eigenvalue weighted by atomic mass is 16.7. The number of carbonyl (C=O) groups excluding carboxylic acids is 1. The number of fused-ring (bicyclic) bond motifs is 1. The molecule has 142 valence electrons. The van der Waals surface area contributed by atoms with E-state index in [0.29, 0.717) is 19.1 Å². The van der Waals surface area contributed by atoms with E-state index < -0.39 is 0 Å². The van der Waals surface area contributed by atoms with E-state index in [-0.39, 0.29) is 12.7 Å². The standard InChI is InChI=1S/C22H21N3O3/c26-22(18-4-1-3-16(11-18)13-24-10-2-9-23-24)25(19-6-7-19)14-17-5-8-20-21(12-17)28-15-27-20/h1-5,8-12,19H,6-7,13-15H2. The molecule has 0 unspecified atom stereocenters. The van der Waals surface area contributed by atoms with Crippen LogP contribution in [0.4, 0.5) is 0 Å². The minimum Gasteiger partial charge on any atom is -0.454 e. The van der Waals surface area contributed by atoms with Gasteiger partial charge in [-0.05, 0) is 54.3 Å². The average Bonchev–Trinajstić information content (AvgIpc) is 3.22. The van der Waals surface area contributed by atoms with Crippen molar-refractivity contribution in [3.05, 3.63) is 77.6 Å². The lowest BCUT2D eigenvalue weighted by atomic mass is 10.1. The Morgan fingerprint density at radius 2 is 1.96 bits per heavy atom. The van der Waals surface area contributed by atoms with Gasteiger partial charge in [-0.15, -0.1) is 0 Å². The van der Waals surface area contributed by atoms with E-state index in [1.807, 2.05) is 64.3 Å². The molecule has 0 N–H and O–H groups in total. The molecule has 0 radical (unpaired) electrons. The van der Waals surface area contributed by atoms with E-state index in [0.717, 1.165) is 41.0 Å². The average molecular weight is 375 g/mol. The van der Waals surface area contributed by atoms with Gasteiger partial charge < -0.3 is 14.4 Å². The first kappa shape index (κ1) is 16.9. The van der Waals surface area contributed by atoms with Gasteiger partial charge in [0.05, 0.1) is 6.54 Å². The molecule has 6 heteroatoms. The highest BCUT2D eigenvalue weighted by molar-refractivity contribution is 5.94. The maximum atomic E-state index is 13.3. The number of amides is 1. The summed E-state index contributed by atoms with van der Waals surface area (Å²) in [6, 6.07) is 15.9. The second-order valence-electron chi connectivity index (χ2n) is 7.26. The summed E-state index contributed by atoms with van der Waals surface area (Å²) in [6.07, 6.45) is 5.80. The molecule has 0 spiro atoms. The smallest absolute Gasteiger partial charge is 0.254 e. The summed E-state index contributed by atoms with van der Waals surface area (Å²) < 4.78 is 12.7. The van der Waals surface area contributed by atoms with Crippen LogP contribution in [0.2, 0.25) is 0 Å². The summed E-state index contributed by atoms with van der Waals surface area (Å²) in [4.78, 5) is 15.2. The minimum atomic E-state index is 0.0717. The highest BCUT2D eigenvalue weighted by Crippen LogP contribution is 2.35. The van der Waals surface area contributed by atoms with Crippen molar-refractivity contribution in [3.63, 3.8) is 0 Å². The second-order valence-corrected chi connectivity index (χ2v) is 7.26. The quantitative estimate of drug-likeness (QED) is 0.662. The number of aromatic nitrogens is 2. The first-order valence-electron chi connectivity index (χ1n) is 9.52. The summed E-state index contributed by atoms with van der Waals surface area (Å²) in [5.41, 5.74) is 2.84. The number of ether oxygens (including phenoxy) is 2. The van der Waals surface area contributed by atoms with Crippen LogP contribution in [0.25, 0.3) is 0 Å². The summed E-state index contributed by atoms with van der Waals surface area (Å²) >= 11 is 0. The number of nitrogens with zero attached hydrogens (tertiary/aromatic N) is 3. The largest absolute Gasteiger partial charge is 0.454 e. The third-order valence-corrected chi connectivity index (χ3v) is 5.12. The summed E-state index contributed by atoms with van der Waals surface area (Å²) in [5.74, 6) is 1.59. The van der Waals surface area contributed by atoms with Crippen LogP contribution >= 0.6 is 0 Å². The van der Waals surface area contributed by atoms with Gasteiger partial charge in [0, 0.05) is 30.5 Å². The Bertz CT molecular complexity index is 996. The van der Waals surface area contributed by atoms with Crippen molar-refractivity contribution in [2.45, 2.75) is 32.0 Å². The molecule has 1 saturated carbocycles. The topological polar surface area (TPSA) is 56.6 Å². The summed E-state index contributed by atoms with van der Waals surface area (Å²) in [5, 5.41) is 4.24. The van der Waals surface area contributed by atoms with Gasteiger partial charge in [-0.3, -0.25) is 9.48 Å². The van der Waals surface area contributed by atoms with E-state index in [1.165, 1.54) is 0 Å². The molecule has 5 rings (SSSR count). The van der Waals surface area contributed by atoms with Crippen molar-refractivity contribution in [1.29, 1.82) is 0 Å². The predicted octanol–water partition coefficient (Wildman–Crippen LogP) is 3.46. The van der Waals surface area contributed by atoms with E-state index in [2.05, 4.69) is 5.10 Å². The molecule has 1 aliphatic carbocycles. The zero-order valence-electron chi connectivity index (χ0n) is 15.5. The summed E-state index contributed by atoms with van der Waals surface area (Å²) in [7, 11) is 0. The fourth-order valence-corrected chi connectivity index (χ4v) is 3.54. The maximum Gasteiger partial charge on any atom is 0.254 e. The van der Waals surface area contributed by atoms with Gasteiger partial charge in [-0.2, -0.15) is 5.10 Å². The van der Waals surface area contributed by atoms with Crippen LogP contribution in [-0.2, 0) is 13.1 Å². The zero-order valence-corrected chi connectivity index (χ0v) is 15.5. The molecule has 1 amide bonds. The number of hydrogen-bond acceptors (Lipinski definition) is 4. The maximum absolute atomic E-state index is 13.3. The molecule has 28 heavy (non-hydrogen) atoms. The lowest BCUT2D eigenvalue weighted by molar-refractivity contribution is 0.0729. The summed E-state index contributed by atoms with van der Waals surface area (Å²) in [6.45, 7) is 1.48. The van der Waals surface area contributed by atoms with E-state index in [1.54, 1.807) is 6.20 Å². The first-order valence-corrected chi connectivity index (χ1v) is 9.52. The number of hydrogen-bond donors (Lipinski definition) is 0. The number of benzene rings is 2. The van der Waals surface area contributed by atoms with Crippen molar-refractivity contribution >= 4 is 5.91 Å². The highest BCUT2D eigenvalue weighted by Gasteiger charge is 2.33. The monoisotopic (exact) mass is 375 g/mol. The molecule has 3 aromatic rings. The fourth-order valence-electron chi connectivity index (χ4n) is 3.54. The SMILES string of the molecule is O=C(c1cccc(Cn2cccn2)c1)N(Cc1ccc2c(c1)OCO2)C1CC1. The van der Waals surface area contributed by atoms with Crippen molar-refractivity contribution in [3.8, 4) is 11.5 Å². The predicted molar refractivity (Wildman–Crippen MR) is 103 cm³/mol. The molecule has 0 saturated heterocycles. The molecule has 0 atom stereocenters. The van der Waals surface area contributed by atoms with Gasteiger partial charge in [0.2, 0.25) is 6.79 Å². The molecule has 1 aromatic heterocycles. The van der Waals surface area contributed by atoms with Crippen molar-refractivity contribution < 1.29 is 14.3 Å². The van der Waals surface area contributed by atoms with Crippen LogP contribution in [0, 0.1) is 0 Å². The Kier molecular flexibility index (Phi) is 4.24. The van der Waals surface area contributed by atoms with Crippen LogP contribution in [0.15, 0.2) is 60.9 Å².